The third-order valence-electron chi connectivity index (χ3n) is 5.67. The number of aliphatic carboxylic acids is 1. The van der Waals surface area contributed by atoms with Gasteiger partial charge in [0.25, 0.3) is 5.91 Å². The Morgan fingerprint density at radius 2 is 1.97 bits per heavy atom. The molecule has 0 bridgehead atoms. The standard InChI is InChI=1S/C17H21N5OS.C2HF3O2/c23-17(18-12-3-4-12)16-20-19-15-14-10-21(9-13-2-1-7-24-13)8-11(14)5-6-22(15)16;3-2(4,5)1(6)7/h1-2,7,11-12,14H,3-6,8-10H2,(H,18,23);(H,6,7)/t11-,14-;/m1./s1. The van der Waals surface area contributed by atoms with Crippen molar-refractivity contribution in [3.63, 3.8) is 0 Å². The minimum atomic E-state index is -5.08. The van der Waals surface area contributed by atoms with E-state index in [1.807, 2.05) is 11.3 Å². The van der Waals surface area contributed by atoms with Gasteiger partial charge in [0.05, 0.1) is 0 Å². The first-order chi connectivity index (χ1) is 14.7. The van der Waals surface area contributed by atoms with Gasteiger partial charge in [0.15, 0.2) is 0 Å². The van der Waals surface area contributed by atoms with Crippen molar-refractivity contribution < 1.29 is 27.9 Å². The molecule has 1 saturated heterocycles. The third kappa shape index (κ3) is 5.06. The Morgan fingerprint density at radius 3 is 2.58 bits per heavy atom. The summed E-state index contributed by atoms with van der Waals surface area (Å²) in [7, 11) is 0. The summed E-state index contributed by atoms with van der Waals surface area (Å²) in [5, 5.41) is 20.9. The number of carbonyl (C=O) groups excluding carboxylic acids is 1. The zero-order valence-corrected chi connectivity index (χ0v) is 17.3. The van der Waals surface area contributed by atoms with Gasteiger partial charge in [0.1, 0.15) is 5.82 Å². The van der Waals surface area contributed by atoms with Crippen LogP contribution in [0.15, 0.2) is 17.5 Å². The van der Waals surface area contributed by atoms with Crippen molar-refractivity contribution in [3.05, 3.63) is 34.0 Å². The smallest absolute Gasteiger partial charge is 0.475 e. The Labute approximate surface area is 180 Å². The molecular formula is C19H22F3N5O3S. The number of nitrogens with one attached hydrogen (secondary N) is 1. The molecule has 168 valence electrons. The molecule has 1 saturated carbocycles. The Kier molecular flexibility index (Phi) is 6.02. The van der Waals surface area contributed by atoms with Crippen LogP contribution in [-0.4, -0.2) is 62.0 Å². The van der Waals surface area contributed by atoms with E-state index in [-0.39, 0.29) is 5.91 Å². The average molecular weight is 457 g/mol. The number of aromatic nitrogens is 3. The maximum absolute atomic E-state index is 12.4. The lowest BCUT2D eigenvalue weighted by Crippen LogP contribution is -2.31. The van der Waals surface area contributed by atoms with Gasteiger partial charge in [-0.2, -0.15) is 13.2 Å². The summed E-state index contributed by atoms with van der Waals surface area (Å²) < 4.78 is 33.8. The molecule has 1 aliphatic carbocycles. The van der Waals surface area contributed by atoms with Gasteiger partial charge in [-0.1, -0.05) is 6.07 Å². The first-order valence-electron chi connectivity index (χ1n) is 10.0. The molecule has 0 radical (unpaired) electrons. The van der Waals surface area contributed by atoms with E-state index in [1.54, 1.807) is 0 Å². The van der Waals surface area contributed by atoms with Gasteiger partial charge in [-0.05, 0) is 36.6 Å². The van der Waals surface area contributed by atoms with Gasteiger partial charge >= 0.3 is 12.1 Å². The molecule has 2 aromatic rings. The van der Waals surface area contributed by atoms with E-state index >= 15 is 0 Å². The predicted molar refractivity (Wildman–Crippen MR) is 105 cm³/mol. The number of hydrogen-bond donors (Lipinski definition) is 2. The summed E-state index contributed by atoms with van der Waals surface area (Å²) >= 11 is 1.82. The fraction of sp³-hybridized carbons (Fsp3) is 0.579. The molecule has 0 aromatic carbocycles. The number of amides is 1. The molecule has 2 aliphatic heterocycles. The van der Waals surface area contributed by atoms with Crippen molar-refractivity contribution in [1.29, 1.82) is 0 Å². The molecule has 31 heavy (non-hydrogen) atoms. The predicted octanol–water partition coefficient (Wildman–Crippen LogP) is 2.48. The SMILES string of the molecule is O=C(NC1CC1)c1nnc2n1CC[C@@H]1CN(Cc3cccs3)C[C@@H]21.O=C(O)C(F)(F)F. The monoisotopic (exact) mass is 457 g/mol. The van der Waals surface area contributed by atoms with Crippen molar-refractivity contribution in [2.75, 3.05) is 13.1 Å². The van der Waals surface area contributed by atoms with E-state index in [4.69, 9.17) is 9.90 Å². The lowest BCUT2D eigenvalue weighted by Gasteiger charge is -2.25. The van der Waals surface area contributed by atoms with Crippen molar-refractivity contribution in [2.24, 2.45) is 5.92 Å². The first-order valence-corrected chi connectivity index (χ1v) is 10.9. The molecular weight excluding hydrogens is 435 g/mol. The number of hydrogen-bond acceptors (Lipinski definition) is 6. The Bertz CT molecular complexity index is 942. The van der Waals surface area contributed by atoms with Crippen molar-refractivity contribution in [3.8, 4) is 0 Å². The number of alkyl halides is 3. The lowest BCUT2D eigenvalue weighted by molar-refractivity contribution is -0.192. The first kappa shape index (κ1) is 21.8. The Hall–Kier alpha value is -2.47. The van der Waals surface area contributed by atoms with E-state index in [1.165, 1.54) is 4.88 Å². The molecule has 1 amide bonds. The van der Waals surface area contributed by atoms with Crippen LogP contribution in [-0.2, 0) is 17.9 Å². The summed E-state index contributed by atoms with van der Waals surface area (Å²) in [6.45, 7) is 4.03. The van der Waals surface area contributed by atoms with Crippen LogP contribution in [0.25, 0.3) is 0 Å². The molecule has 2 fully saturated rings. The number of halogens is 3. The fourth-order valence-electron chi connectivity index (χ4n) is 4.05. The molecule has 2 N–H and O–H groups in total. The molecule has 4 heterocycles. The van der Waals surface area contributed by atoms with Crippen LogP contribution in [0.1, 0.15) is 46.5 Å². The van der Waals surface area contributed by atoms with E-state index in [2.05, 4.69) is 42.5 Å². The minimum Gasteiger partial charge on any atom is -0.475 e. The second-order valence-electron chi connectivity index (χ2n) is 8.01. The lowest BCUT2D eigenvalue weighted by atomic mass is 9.89. The number of nitrogens with zero attached hydrogens (tertiary/aromatic N) is 4. The van der Waals surface area contributed by atoms with Crippen LogP contribution in [0, 0.1) is 5.92 Å². The fourth-order valence-corrected chi connectivity index (χ4v) is 4.79. The van der Waals surface area contributed by atoms with Gasteiger partial charge in [0, 0.05) is 43.0 Å². The number of carboxylic acid groups (broad SMARTS) is 1. The number of thiophene rings is 1. The van der Waals surface area contributed by atoms with Crippen molar-refractivity contribution >= 4 is 23.2 Å². The minimum absolute atomic E-state index is 0.0526. The highest BCUT2D eigenvalue weighted by atomic mass is 32.1. The normalized spacial score (nSPS) is 22.8. The largest absolute Gasteiger partial charge is 0.490 e. The summed E-state index contributed by atoms with van der Waals surface area (Å²) in [5.41, 5.74) is 0. The van der Waals surface area contributed by atoms with Crippen molar-refractivity contribution in [1.82, 2.24) is 25.0 Å². The van der Waals surface area contributed by atoms with Crippen LogP contribution in [0.3, 0.4) is 0 Å². The van der Waals surface area contributed by atoms with E-state index in [0.29, 0.717) is 23.7 Å². The molecule has 12 heteroatoms. The van der Waals surface area contributed by atoms with E-state index in [9.17, 15) is 18.0 Å². The summed E-state index contributed by atoms with van der Waals surface area (Å²) in [6, 6.07) is 4.68. The van der Waals surface area contributed by atoms with E-state index in [0.717, 1.165) is 51.3 Å². The highest BCUT2D eigenvalue weighted by Crippen LogP contribution is 2.39. The maximum atomic E-state index is 12.4. The summed E-state index contributed by atoms with van der Waals surface area (Å²) in [4.78, 5) is 25.2. The number of likely N-dealkylation sites (tertiary alicyclic amines) is 1. The topological polar surface area (TPSA) is 100 Å². The summed E-state index contributed by atoms with van der Waals surface area (Å²) in [6.07, 6.45) is -1.79. The zero-order valence-electron chi connectivity index (χ0n) is 16.5. The number of rotatable bonds is 4. The Balaban J connectivity index is 0.000000289. The van der Waals surface area contributed by atoms with Crippen LogP contribution >= 0.6 is 11.3 Å². The average Bonchev–Trinajstić information content (AvgIpc) is 3.11. The molecule has 2 atom stereocenters. The third-order valence-corrected chi connectivity index (χ3v) is 6.53. The Morgan fingerprint density at radius 1 is 1.23 bits per heavy atom. The van der Waals surface area contributed by atoms with Crippen molar-refractivity contribution in [2.45, 2.75) is 50.5 Å². The number of carbonyl (C=O) groups is 2. The van der Waals surface area contributed by atoms with E-state index < -0.39 is 12.1 Å². The molecule has 5 rings (SSSR count). The molecule has 0 spiro atoms. The second-order valence-corrected chi connectivity index (χ2v) is 9.05. The molecule has 8 nitrogen and oxygen atoms in total. The van der Waals surface area contributed by atoms with Crippen LogP contribution in [0.2, 0.25) is 0 Å². The molecule has 2 aromatic heterocycles. The summed E-state index contributed by atoms with van der Waals surface area (Å²) in [5.74, 6) is -0.238. The maximum Gasteiger partial charge on any atom is 0.490 e. The van der Waals surface area contributed by atoms with Gasteiger partial charge in [-0.25, -0.2) is 4.79 Å². The van der Waals surface area contributed by atoms with Crippen LogP contribution in [0.4, 0.5) is 13.2 Å². The highest BCUT2D eigenvalue weighted by Gasteiger charge is 2.41. The number of carboxylic acids is 1. The number of fused-ring (bicyclic) bond motifs is 3. The van der Waals surface area contributed by atoms with Gasteiger partial charge in [-0.3, -0.25) is 9.69 Å². The molecule has 3 aliphatic rings. The van der Waals surface area contributed by atoms with Crippen LogP contribution < -0.4 is 5.32 Å². The quantitative estimate of drug-likeness (QED) is 0.732. The zero-order chi connectivity index (χ0) is 22.2. The molecule has 0 unspecified atom stereocenters. The highest BCUT2D eigenvalue weighted by molar-refractivity contribution is 7.09. The van der Waals surface area contributed by atoms with Gasteiger partial charge in [0.2, 0.25) is 5.82 Å². The van der Waals surface area contributed by atoms with Gasteiger partial charge in [-0.15, -0.1) is 21.5 Å². The second kappa shape index (κ2) is 8.58. The van der Waals surface area contributed by atoms with Gasteiger partial charge < -0.3 is 15.0 Å². The van der Waals surface area contributed by atoms with Crippen LogP contribution in [0.5, 0.6) is 0 Å².